The Morgan fingerprint density at radius 3 is 2.10 bits per heavy atom. The zero-order valence-electron chi connectivity index (χ0n) is 19.0. The van der Waals surface area contributed by atoms with Gasteiger partial charge >= 0.3 is 12.1 Å². The van der Waals surface area contributed by atoms with Crippen molar-refractivity contribution in [3.63, 3.8) is 0 Å². The monoisotopic (exact) mass is 410 g/mol. The number of ether oxygens (including phenoxy) is 1. The molecule has 1 N–H and O–H groups in total. The minimum atomic E-state index is -1.06. The van der Waals surface area contributed by atoms with Gasteiger partial charge in [-0.1, -0.05) is 27.7 Å². The standard InChI is InChI=1S/C22H38N2O5/c1-14(2)18(25)24(15-8-10-22(6,7)11-9-15)16-12-17(19(26)27)23(13-16)20(28)29-21(3,4)5/h14-17H,8-13H2,1-7H3,(H,26,27)/t16-,17-/m0/s1. The Hall–Kier alpha value is -1.79. The van der Waals surface area contributed by atoms with E-state index in [2.05, 4.69) is 13.8 Å². The van der Waals surface area contributed by atoms with E-state index in [1.165, 1.54) is 4.90 Å². The summed E-state index contributed by atoms with van der Waals surface area (Å²) in [6.45, 7) is 13.7. The van der Waals surface area contributed by atoms with Crippen LogP contribution in [0.3, 0.4) is 0 Å². The van der Waals surface area contributed by atoms with Crippen molar-refractivity contribution in [2.75, 3.05) is 6.54 Å². The van der Waals surface area contributed by atoms with Crippen molar-refractivity contribution in [3.8, 4) is 0 Å². The fourth-order valence-corrected chi connectivity index (χ4v) is 4.39. The van der Waals surface area contributed by atoms with Gasteiger partial charge in [0, 0.05) is 24.9 Å². The number of aliphatic carboxylic acids is 1. The molecule has 0 unspecified atom stereocenters. The second kappa shape index (κ2) is 8.52. The Morgan fingerprint density at radius 2 is 1.66 bits per heavy atom. The third kappa shape index (κ3) is 5.86. The van der Waals surface area contributed by atoms with Gasteiger partial charge in [0.15, 0.2) is 0 Å². The molecule has 2 atom stereocenters. The van der Waals surface area contributed by atoms with Gasteiger partial charge in [-0.05, 0) is 51.9 Å². The fourth-order valence-electron chi connectivity index (χ4n) is 4.39. The van der Waals surface area contributed by atoms with E-state index in [0.717, 1.165) is 25.7 Å². The summed E-state index contributed by atoms with van der Waals surface area (Å²) in [6, 6.07) is -1.18. The average molecular weight is 411 g/mol. The van der Waals surface area contributed by atoms with Gasteiger partial charge in [-0.25, -0.2) is 9.59 Å². The number of hydrogen-bond donors (Lipinski definition) is 1. The van der Waals surface area contributed by atoms with Crippen molar-refractivity contribution in [1.82, 2.24) is 9.80 Å². The first-order chi connectivity index (χ1) is 13.2. The normalized spacial score (nSPS) is 25.2. The molecule has 0 aromatic rings. The molecule has 166 valence electrons. The van der Waals surface area contributed by atoms with Crippen LogP contribution in [0.2, 0.25) is 0 Å². The number of carbonyl (C=O) groups is 3. The number of nitrogens with zero attached hydrogens (tertiary/aromatic N) is 2. The summed E-state index contributed by atoms with van der Waals surface area (Å²) < 4.78 is 5.43. The Kier molecular flexibility index (Phi) is 6.90. The molecule has 2 rings (SSSR count). The van der Waals surface area contributed by atoms with E-state index in [4.69, 9.17) is 4.74 Å². The van der Waals surface area contributed by atoms with Crippen LogP contribution < -0.4 is 0 Å². The number of hydrogen-bond acceptors (Lipinski definition) is 4. The van der Waals surface area contributed by atoms with Crippen molar-refractivity contribution in [2.24, 2.45) is 11.3 Å². The van der Waals surface area contributed by atoms with Crippen molar-refractivity contribution in [2.45, 2.75) is 104 Å². The maximum absolute atomic E-state index is 13.1. The lowest BCUT2D eigenvalue weighted by molar-refractivity contribution is -0.143. The van der Waals surface area contributed by atoms with Crippen LogP contribution in [-0.2, 0) is 14.3 Å². The average Bonchev–Trinajstić information content (AvgIpc) is 3.00. The summed E-state index contributed by atoms with van der Waals surface area (Å²) in [7, 11) is 0. The van der Waals surface area contributed by atoms with E-state index < -0.39 is 23.7 Å². The Bertz CT molecular complexity index is 628. The fraction of sp³-hybridized carbons (Fsp3) is 0.864. The molecule has 0 radical (unpaired) electrons. The topological polar surface area (TPSA) is 87.2 Å². The number of amides is 2. The van der Waals surface area contributed by atoms with Crippen LogP contribution in [0.5, 0.6) is 0 Å². The van der Waals surface area contributed by atoms with Crippen molar-refractivity contribution in [1.29, 1.82) is 0 Å². The molecule has 1 heterocycles. The van der Waals surface area contributed by atoms with Gasteiger partial charge in [-0.3, -0.25) is 9.69 Å². The van der Waals surface area contributed by atoms with Crippen LogP contribution in [0.25, 0.3) is 0 Å². The first-order valence-electron chi connectivity index (χ1n) is 10.8. The third-order valence-electron chi connectivity index (χ3n) is 6.04. The van der Waals surface area contributed by atoms with Crippen LogP contribution in [0.4, 0.5) is 4.79 Å². The van der Waals surface area contributed by atoms with Crippen molar-refractivity contribution in [3.05, 3.63) is 0 Å². The van der Waals surface area contributed by atoms with Crippen LogP contribution in [0.15, 0.2) is 0 Å². The zero-order valence-corrected chi connectivity index (χ0v) is 19.0. The molecule has 1 saturated carbocycles. The molecule has 1 aliphatic carbocycles. The molecule has 7 heteroatoms. The van der Waals surface area contributed by atoms with Crippen LogP contribution in [0, 0.1) is 11.3 Å². The summed E-state index contributed by atoms with van der Waals surface area (Å²) in [5.41, 5.74) is -0.439. The number of carboxylic acid groups (broad SMARTS) is 1. The highest BCUT2D eigenvalue weighted by Gasteiger charge is 2.47. The molecular formula is C22H38N2O5. The second-order valence-corrected chi connectivity index (χ2v) is 10.7. The first-order valence-corrected chi connectivity index (χ1v) is 10.8. The molecule has 2 fully saturated rings. The molecule has 2 amide bonds. The van der Waals surface area contributed by atoms with Crippen LogP contribution in [-0.4, -0.2) is 63.1 Å². The summed E-state index contributed by atoms with van der Waals surface area (Å²) in [4.78, 5) is 40.8. The maximum atomic E-state index is 13.1. The SMILES string of the molecule is CC(C)C(=O)N(C1CCC(C)(C)CC1)[C@H]1C[C@@H](C(=O)O)N(C(=O)OC(C)(C)C)C1. The molecule has 1 aliphatic heterocycles. The van der Waals surface area contributed by atoms with Crippen LogP contribution in [0.1, 0.15) is 80.6 Å². The van der Waals surface area contributed by atoms with E-state index in [-0.39, 0.29) is 42.3 Å². The van der Waals surface area contributed by atoms with Gasteiger partial charge in [0.2, 0.25) is 5.91 Å². The molecule has 1 saturated heterocycles. The molecule has 2 aliphatic rings. The second-order valence-electron chi connectivity index (χ2n) is 10.7. The van der Waals surface area contributed by atoms with Gasteiger partial charge in [-0.2, -0.15) is 0 Å². The molecular weight excluding hydrogens is 372 g/mol. The lowest BCUT2D eigenvalue weighted by atomic mass is 9.75. The quantitative estimate of drug-likeness (QED) is 0.759. The Labute approximate surface area is 174 Å². The highest BCUT2D eigenvalue weighted by Crippen LogP contribution is 2.39. The number of rotatable bonds is 4. The molecule has 0 aromatic heterocycles. The van der Waals surface area contributed by atoms with Crippen molar-refractivity contribution < 1.29 is 24.2 Å². The summed E-state index contributed by atoms with van der Waals surface area (Å²) in [5.74, 6) is -1.20. The molecule has 7 nitrogen and oxygen atoms in total. The minimum absolute atomic E-state index is 0.0369. The maximum Gasteiger partial charge on any atom is 0.411 e. The van der Waals surface area contributed by atoms with Gasteiger partial charge < -0.3 is 14.7 Å². The molecule has 0 bridgehead atoms. The van der Waals surface area contributed by atoms with E-state index >= 15 is 0 Å². The molecule has 0 spiro atoms. The first kappa shape index (κ1) is 23.5. The van der Waals surface area contributed by atoms with Crippen LogP contribution >= 0.6 is 0 Å². The number of carboxylic acids is 1. The predicted octanol–water partition coefficient (Wildman–Crippen LogP) is 3.90. The minimum Gasteiger partial charge on any atom is -0.480 e. The highest BCUT2D eigenvalue weighted by atomic mass is 16.6. The molecule has 0 aromatic carbocycles. The van der Waals surface area contributed by atoms with E-state index in [0.29, 0.717) is 0 Å². The zero-order chi connectivity index (χ0) is 22.1. The lowest BCUT2D eigenvalue weighted by Gasteiger charge is -2.43. The smallest absolute Gasteiger partial charge is 0.411 e. The van der Waals surface area contributed by atoms with Gasteiger partial charge in [0.05, 0.1) is 6.04 Å². The van der Waals surface area contributed by atoms with Gasteiger partial charge in [-0.15, -0.1) is 0 Å². The number of likely N-dealkylation sites (tertiary alicyclic amines) is 1. The summed E-state index contributed by atoms with van der Waals surface area (Å²) in [5, 5.41) is 9.70. The summed E-state index contributed by atoms with van der Waals surface area (Å²) >= 11 is 0. The largest absolute Gasteiger partial charge is 0.480 e. The van der Waals surface area contributed by atoms with E-state index in [1.54, 1.807) is 20.8 Å². The third-order valence-corrected chi connectivity index (χ3v) is 6.04. The Balaban J connectivity index is 2.25. The van der Waals surface area contributed by atoms with Gasteiger partial charge in [0.1, 0.15) is 11.6 Å². The molecule has 29 heavy (non-hydrogen) atoms. The van der Waals surface area contributed by atoms with Crippen molar-refractivity contribution >= 4 is 18.0 Å². The number of carbonyl (C=O) groups excluding carboxylic acids is 2. The van der Waals surface area contributed by atoms with Gasteiger partial charge in [0.25, 0.3) is 0 Å². The van der Waals surface area contributed by atoms with E-state index in [9.17, 15) is 19.5 Å². The Morgan fingerprint density at radius 1 is 1.10 bits per heavy atom. The highest BCUT2D eigenvalue weighted by molar-refractivity contribution is 5.82. The lowest BCUT2D eigenvalue weighted by Crippen LogP contribution is -2.52. The predicted molar refractivity (Wildman–Crippen MR) is 110 cm³/mol. The van der Waals surface area contributed by atoms with E-state index in [1.807, 2.05) is 18.7 Å². The summed E-state index contributed by atoms with van der Waals surface area (Å²) in [6.07, 6.45) is 3.49.